The second kappa shape index (κ2) is 4.97. The number of hydrogen-bond acceptors (Lipinski definition) is 0. The topological polar surface area (TPSA) is 0 Å². The Bertz CT molecular complexity index is 533. The molecule has 0 N–H and O–H groups in total. The SMILES string of the molecule is Cc1[c]c(Cc2c(C)cc(C)cc2C)cc(C)c1. The number of benzene rings is 2. The number of hydrogen-bond donors (Lipinski definition) is 0. The van der Waals surface area contributed by atoms with Crippen LogP contribution in [0.15, 0.2) is 24.3 Å². The highest BCUT2D eigenvalue weighted by Gasteiger charge is 2.06. The molecule has 0 unspecified atom stereocenters. The molecule has 0 heteroatoms. The molecule has 0 fully saturated rings. The fourth-order valence-corrected chi connectivity index (χ4v) is 2.76. The maximum Gasteiger partial charge on any atom is -0.00142 e. The minimum absolute atomic E-state index is 0.987. The van der Waals surface area contributed by atoms with E-state index in [1.54, 1.807) is 0 Å². The Kier molecular flexibility index (Phi) is 3.56. The van der Waals surface area contributed by atoms with Gasteiger partial charge in [0.1, 0.15) is 0 Å². The molecule has 0 bridgehead atoms. The monoisotopic (exact) mass is 237 g/mol. The van der Waals surface area contributed by atoms with Crippen LogP contribution in [0, 0.1) is 40.7 Å². The average Bonchev–Trinajstić information content (AvgIpc) is 2.22. The third-order valence-electron chi connectivity index (χ3n) is 3.41. The summed E-state index contributed by atoms with van der Waals surface area (Å²) in [6, 6.07) is 12.4. The molecule has 0 aliphatic rings. The Morgan fingerprint density at radius 3 is 1.89 bits per heavy atom. The van der Waals surface area contributed by atoms with Crippen molar-refractivity contribution in [1.29, 1.82) is 0 Å². The summed E-state index contributed by atoms with van der Waals surface area (Å²) in [6.45, 7) is 10.8. The van der Waals surface area contributed by atoms with Crippen molar-refractivity contribution in [3.63, 3.8) is 0 Å². The quantitative estimate of drug-likeness (QED) is 0.715. The molecule has 0 aliphatic carbocycles. The van der Waals surface area contributed by atoms with Crippen LogP contribution in [0.1, 0.15) is 38.9 Å². The van der Waals surface area contributed by atoms with Crippen molar-refractivity contribution in [2.24, 2.45) is 0 Å². The molecule has 1 radical (unpaired) electrons. The molecule has 0 saturated carbocycles. The van der Waals surface area contributed by atoms with Gasteiger partial charge in [-0.3, -0.25) is 0 Å². The van der Waals surface area contributed by atoms with E-state index in [4.69, 9.17) is 0 Å². The average molecular weight is 237 g/mol. The summed E-state index contributed by atoms with van der Waals surface area (Å²) in [7, 11) is 0. The molecular weight excluding hydrogens is 216 g/mol. The fourth-order valence-electron chi connectivity index (χ4n) is 2.76. The highest BCUT2D eigenvalue weighted by molar-refractivity contribution is 5.41. The van der Waals surface area contributed by atoms with Crippen LogP contribution in [-0.4, -0.2) is 0 Å². The Labute approximate surface area is 111 Å². The standard InChI is InChI=1S/C18H21/c1-12-6-13(2)10-17(9-12)11-18-15(4)7-14(3)8-16(18)5/h6-9H,11H2,1-5H3. The molecule has 18 heavy (non-hydrogen) atoms. The van der Waals surface area contributed by atoms with Crippen LogP contribution in [0.2, 0.25) is 0 Å². The third kappa shape index (κ3) is 2.81. The lowest BCUT2D eigenvalue weighted by Crippen LogP contribution is -1.98. The Morgan fingerprint density at radius 1 is 0.778 bits per heavy atom. The molecule has 0 atom stereocenters. The maximum absolute atomic E-state index is 3.47. The number of rotatable bonds is 2. The highest BCUT2D eigenvalue weighted by atomic mass is 14.1. The van der Waals surface area contributed by atoms with E-state index in [1.807, 2.05) is 0 Å². The smallest absolute Gasteiger partial charge is 0.00142 e. The van der Waals surface area contributed by atoms with E-state index in [0.29, 0.717) is 0 Å². The molecule has 0 nitrogen and oxygen atoms in total. The van der Waals surface area contributed by atoms with E-state index in [1.165, 1.54) is 38.9 Å². The highest BCUT2D eigenvalue weighted by Crippen LogP contribution is 2.21. The molecule has 0 amide bonds. The van der Waals surface area contributed by atoms with Crippen LogP contribution in [0.4, 0.5) is 0 Å². The molecule has 0 aliphatic heterocycles. The van der Waals surface area contributed by atoms with Crippen LogP contribution in [0.3, 0.4) is 0 Å². The molecule has 2 aromatic rings. The molecule has 0 heterocycles. The lowest BCUT2D eigenvalue weighted by atomic mass is 9.93. The van der Waals surface area contributed by atoms with Gasteiger partial charge in [0.15, 0.2) is 0 Å². The summed E-state index contributed by atoms with van der Waals surface area (Å²) in [6.07, 6.45) is 0.987. The van der Waals surface area contributed by atoms with Gasteiger partial charge in [0.05, 0.1) is 0 Å². The normalized spacial score (nSPS) is 10.7. The van der Waals surface area contributed by atoms with Gasteiger partial charge in [-0.15, -0.1) is 0 Å². The molecule has 93 valence electrons. The van der Waals surface area contributed by atoms with Gasteiger partial charge >= 0.3 is 0 Å². The van der Waals surface area contributed by atoms with Gasteiger partial charge in [-0.05, 0) is 74.9 Å². The van der Waals surface area contributed by atoms with Crippen molar-refractivity contribution < 1.29 is 0 Å². The first kappa shape index (κ1) is 12.9. The first-order valence-electron chi connectivity index (χ1n) is 6.52. The van der Waals surface area contributed by atoms with Crippen LogP contribution in [0.5, 0.6) is 0 Å². The summed E-state index contributed by atoms with van der Waals surface area (Å²) in [5, 5.41) is 0. The third-order valence-corrected chi connectivity index (χ3v) is 3.41. The van der Waals surface area contributed by atoms with Crippen molar-refractivity contribution in [2.45, 2.75) is 41.0 Å². The summed E-state index contributed by atoms with van der Waals surface area (Å²) in [4.78, 5) is 0. The van der Waals surface area contributed by atoms with E-state index in [2.05, 4.69) is 65.0 Å². The summed E-state index contributed by atoms with van der Waals surface area (Å²) < 4.78 is 0. The summed E-state index contributed by atoms with van der Waals surface area (Å²) in [5.41, 5.74) is 9.42. The summed E-state index contributed by atoms with van der Waals surface area (Å²) in [5.74, 6) is 0. The lowest BCUT2D eigenvalue weighted by molar-refractivity contribution is 1.10. The van der Waals surface area contributed by atoms with Gasteiger partial charge in [0.25, 0.3) is 0 Å². The van der Waals surface area contributed by atoms with Crippen LogP contribution < -0.4 is 0 Å². The predicted molar refractivity (Wildman–Crippen MR) is 78.2 cm³/mol. The van der Waals surface area contributed by atoms with E-state index in [0.717, 1.165) is 6.42 Å². The zero-order chi connectivity index (χ0) is 13.3. The zero-order valence-electron chi connectivity index (χ0n) is 12.0. The van der Waals surface area contributed by atoms with Gasteiger partial charge in [-0.25, -0.2) is 0 Å². The van der Waals surface area contributed by atoms with Crippen molar-refractivity contribution in [2.75, 3.05) is 0 Å². The number of aryl methyl sites for hydroxylation is 5. The van der Waals surface area contributed by atoms with Crippen molar-refractivity contribution in [1.82, 2.24) is 0 Å². The van der Waals surface area contributed by atoms with Crippen LogP contribution in [-0.2, 0) is 6.42 Å². The minimum atomic E-state index is 0.987. The molecule has 0 spiro atoms. The lowest BCUT2D eigenvalue weighted by Gasteiger charge is -2.12. The van der Waals surface area contributed by atoms with E-state index in [9.17, 15) is 0 Å². The van der Waals surface area contributed by atoms with Crippen LogP contribution >= 0.6 is 0 Å². The van der Waals surface area contributed by atoms with Crippen LogP contribution in [0.25, 0.3) is 0 Å². The molecule has 2 aromatic carbocycles. The first-order chi connectivity index (χ1) is 8.45. The second-order valence-electron chi connectivity index (χ2n) is 5.42. The zero-order valence-corrected chi connectivity index (χ0v) is 12.0. The van der Waals surface area contributed by atoms with E-state index in [-0.39, 0.29) is 0 Å². The maximum atomic E-state index is 3.47. The Morgan fingerprint density at radius 2 is 1.33 bits per heavy atom. The summed E-state index contributed by atoms with van der Waals surface area (Å²) >= 11 is 0. The Balaban J connectivity index is 2.40. The largest absolute Gasteiger partial charge is 0.0561 e. The van der Waals surface area contributed by atoms with E-state index >= 15 is 0 Å². The van der Waals surface area contributed by atoms with Crippen molar-refractivity contribution >= 4 is 0 Å². The molecular formula is C18H21. The van der Waals surface area contributed by atoms with E-state index < -0.39 is 0 Å². The van der Waals surface area contributed by atoms with Gasteiger partial charge in [0.2, 0.25) is 0 Å². The van der Waals surface area contributed by atoms with Gasteiger partial charge < -0.3 is 0 Å². The molecule has 0 aromatic heterocycles. The van der Waals surface area contributed by atoms with Crippen molar-refractivity contribution in [3.05, 3.63) is 69.3 Å². The first-order valence-corrected chi connectivity index (χ1v) is 6.52. The fraction of sp³-hybridized carbons (Fsp3) is 0.333. The molecule has 0 saturated heterocycles. The second-order valence-corrected chi connectivity index (χ2v) is 5.42. The minimum Gasteiger partial charge on any atom is -0.0561 e. The predicted octanol–water partition coefficient (Wildman–Crippen LogP) is 4.62. The van der Waals surface area contributed by atoms with Gasteiger partial charge in [-0.1, -0.05) is 35.4 Å². The van der Waals surface area contributed by atoms with Crippen molar-refractivity contribution in [3.8, 4) is 0 Å². The van der Waals surface area contributed by atoms with Gasteiger partial charge in [0, 0.05) is 0 Å². The molecule has 2 rings (SSSR count). The Hall–Kier alpha value is -1.56. The van der Waals surface area contributed by atoms with Gasteiger partial charge in [-0.2, -0.15) is 0 Å².